The van der Waals surface area contributed by atoms with Gasteiger partial charge in [-0.1, -0.05) is 12.1 Å². The summed E-state index contributed by atoms with van der Waals surface area (Å²) in [5.41, 5.74) is 1.19. The van der Waals surface area contributed by atoms with E-state index in [2.05, 4.69) is 29.6 Å². The Morgan fingerprint density at radius 3 is 2.69 bits per heavy atom. The first-order valence-corrected chi connectivity index (χ1v) is 6.33. The molecule has 1 aromatic carbocycles. The Kier molecular flexibility index (Phi) is 2.51. The van der Waals surface area contributed by atoms with Crippen molar-refractivity contribution in [1.82, 2.24) is 9.19 Å². The molecular weight excluding hydrogens is 200 g/mol. The Labute approximate surface area is 85.8 Å². The Bertz CT molecular complexity index is 384. The van der Waals surface area contributed by atoms with Gasteiger partial charge in [-0.3, -0.25) is 0 Å². The number of hydrogen-bond donors (Lipinski definition) is 0. The molecule has 0 spiro atoms. The number of thioether (sulfide) groups is 1. The molecule has 0 amide bonds. The third-order valence-corrected chi connectivity index (χ3v) is 3.20. The van der Waals surface area contributed by atoms with Gasteiger partial charge >= 0.3 is 0 Å². The Balaban J connectivity index is 2.74. The van der Waals surface area contributed by atoms with E-state index < -0.39 is 0 Å². The second-order valence-electron chi connectivity index (χ2n) is 2.58. The van der Waals surface area contributed by atoms with Crippen molar-refractivity contribution in [2.75, 3.05) is 12.5 Å². The number of para-hydroxylation sites is 1. The first-order valence-electron chi connectivity index (χ1n) is 3.93. The van der Waals surface area contributed by atoms with E-state index in [0.29, 0.717) is 0 Å². The maximum atomic E-state index is 4.47. The van der Waals surface area contributed by atoms with Gasteiger partial charge in [-0.25, -0.2) is 4.09 Å². The summed E-state index contributed by atoms with van der Waals surface area (Å²) in [4.78, 5) is 0. The van der Waals surface area contributed by atoms with Crippen molar-refractivity contribution in [3.63, 3.8) is 0 Å². The van der Waals surface area contributed by atoms with Crippen molar-refractivity contribution in [2.24, 2.45) is 0 Å². The van der Waals surface area contributed by atoms with Crippen LogP contribution in [0.5, 0.6) is 0 Å². The van der Waals surface area contributed by atoms with Crippen LogP contribution in [0.25, 0.3) is 10.9 Å². The maximum Gasteiger partial charge on any atom is 0.127 e. The van der Waals surface area contributed by atoms with Gasteiger partial charge in [0.15, 0.2) is 0 Å². The first-order chi connectivity index (χ1) is 6.36. The summed E-state index contributed by atoms with van der Waals surface area (Å²) in [7, 11) is 0. The lowest BCUT2D eigenvalue weighted by Crippen LogP contribution is -1.85. The van der Waals surface area contributed by atoms with E-state index in [4.69, 9.17) is 0 Å². The summed E-state index contributed by atoms with van der Waals surface area (Å²) in [6.45, 7) is 0. The minimum Gasteiger partial charge on any atom is -0.205 e. The Morgan fingerprint density at radius 1 is 1.23 bits per heavy atom. The van der Waals surface area contributed by atoms with Crippen molar-refractivity contribution < 1.29 is 0 Å². The highest BCUT2D eigenvalue weighted by molar-refractivity contribution is 7.99. The highest BCUT2D eigenvalue weighted by Gasteiger charge is 2.07. The van der Waals surface area contributed by atoms with Crippen LogP contribution in [0.2, 0.25) is 0 Å². The molecule has 68 valence electrons. The van der Waals surface area contributed by atoms with E-state index in [-0.39, 0.29) is 0 Å². The summed E-state index contributed by atoms with van der Waals surface area (Å²) >= 11 is 3.32. The van der Waals surface area contributed by atoms with E-state index in [9.17, 15) is 0 Å². The number of hydrogen-bond acceptors (Lipinski definition) is 3. The summed E-state index contributed by atoms with van der Waals surface area (Å²) in [5.74, 6) is 0. The van der Waals surface area contributed by atoms with Crippen LogP contribution >= 0.6 is 23.7 Å². The second-order valence-corrected chi connectivity index (χ2v) is 4.09. The molecule has 4 heteroatoms. The summed E-state index contributed by atoms with van der Waals surface area (Å²) in [5, 5.41) is 6.81. The van der Waals surface area contributed by atoms with Crippen LogP contribution in [-0.2, 0) is 0 Å². The lowest BCUT2D eigenvalue weighted by atomic mass is 10.3. The first kappa shape index (κ1) is 8.97. The molecule has 0 atom stereocenters. The number of aromatic nitrogens is 2. The molecule has 0 unspecified atom stereocenters. The predicted octanol–water partition coefficient (Wildman–Crippen LogP) is 2.88. The lowest BCUT2D eigenvalue weighted by molar-refractivity contribution is 0.967. The largest absolute Gasteiger partial charge is 0.205 e. The molecule has 1 aromatic heterocycles. The number of rotatable bonds is 2. The highest BCUT2D eigenvalue weighted by atomic mass is 32.2. The minimum atomic E-state index is 1.10. The van der Waals surface area contributed by atoms with E-state index in [1.54, 1.807) is 23.7 Å². The van der Waals surface area contributed by atoms with Gasteiger partial charge in [-0.05, 0) is 30.3 Å². The van der Waals surface area contributed by atoms with Crippen LogP contribution in [0, 0.1) is 0 Å². The molecule has 0 saturated carbocycles. The average molecular weight is 210 g/mol. The molecule has 1 heterocycles. The zero-order chi connectivity index (χ0) is 9.26. The van der Waals surface area contributed by atoms with E-state index in [0.717, 1.165) is 5.03 Å². The summed E-state index contributed by atoms with van der Waals surface area (Å²) in [6.07, 6.45) is 4.09. The predicted molar refractivity (Wildman–Crippen MR) is 60.4 cm³/mol. The molecule has 0 aliphatic heterocycles. The van der Waals surface area contributed by atoms with Crippen LogP contribution in [0.4, 0.5) is 0 Å². The van der Waals surface area contributed by atoms with E-state index >= 15 is 0 Å². The maximum absolute atomic E-state index is 4.47. The summed E-state index contributed by atoms with van der Waals surface area (Å²) < 4.78 is 1.96. The minimum absolute atomic E-state index is 1.10. The Hall–Kier alpha value is -0.610. The van der Waals surface area contributed by atoms with Crippen molar-refractivity contribution in [1.29, 1.82) is 0 Å². The zero-order valence-electron chi connectivity index (χ0n) is 7.52. The van der Waals surface area contributed by atoms with Crippen LogP contribution in [0.3, 0.4) is 0 Å². The third-order valence-electron chi connectivity index (χ3n) is 1.89. The Morgan fingerprint density at radius 2 is 2.00 bits per heavy atom. The molecule has 2 nitrogen and oxygen atoms in total. The number of benzene rings is 1. The smallest absolute Gasteiger partial charge is 0.127 e. The van der Waals surface area contributed by atoms with Crippen molar-refractivity contribution in [2.45, 2.75) is 5.03 Å². The van der Waals surface area contributed by atoms with Gasteiger partial charge in [-0.15, -0.1) is 11.8 Å². The van der Waals surface area contributed by atoms with Gasteiger partial charge in [0.2, 0.25) is 0 Å². The number of nitrogens with zero attached hydrogens (tertiary/aromatic N) is 2. The van der Waals surface area contributed by atoms with Gasteiger partial charge in [0.25, 0.3) is 0 Å². The molecule has 13 heavy (non-hydrogen) atoms. The van der Waals surface area contributed by atoms with Gasteiger partial charge in [0.1, 0.15) is 5.03 Å². The standard InChI is InChI=1S/C9H10N2S2/c1-12-9-7-5-3-4-6-8(7)11(10-9)13-2/h3-6H,1-2H3. The fraction of sp³-hybridized carbons (Fsp3) is 0.222. The third kappa shape index (κ3) is 1.44. The van der Waals surface area contributed by atoms with Crippen LogP contribution in [0.1, 0.15) is 0 Å². The molecule has 0 aliphatic rings. The molecule has 2 rings (SSSR count). The van der Waals surface area contributed by atoms with Crippen molar-refractivity contribution in [3.05, 3.63) is 24.3 Å². The van der Waals surface area contributed by atoms with E-state index in [1.807, 2.05) is 16.4 Å². The second kappa shape index (κ2) is 3.64. The molecular formula is C9H10N2S2. The van der Waals surface area contributed by atoms with E-state index in [1.165, 1.54) is 10.9 Å². The lowest BCUT2D eigenvalue weighted by Gasteiger charge is -1.94. The van der Waals surface area contributed by atoms with Gasteiger partial charge in [0, 0.05) is 11.6 Å². The van der Waals surface area contributed by atoms with Crippen LogP contribution < -0.4 is 0 Å². The molecule has 0 aliphatic carbocycles. The summed E-state index contributed by atoms with van der Waals surface area (Å²) in [6, 6.07) is 8.30. The normalized spacial score (nSPS) is 10.9. The molecule has 0 fully saturated rings. The zero-order valence-corrected chi connectivity index (χ0v) is 9.15. The molecule has 0 radical (unpaired) electrons. The highest BCUT2D eigenvalue weighted by Crippen LogP contribution is 2.26. The SMILES string of the molecule is CSc1nn(SC)c2ccccc12. The molecule has 0 N–H and O–H groups in total. The van der Waals surface area contributed by atoms with Crippen molar-refractivity contribution >= 4 is 34.6 Å². The fourth-order valence-corrected chi connectivity index (χ4v) is 2.43. The van der Waals surface area contributed by atoms with Crippen molar-refractivity contribution in [3.8, 4) is 0 Å². The monoisotopic (exact) mass is 210 g/mol. The fourth-order valence-electron chi connectivity index (χ4n) is 1.30. The number of fused-ring (bicyclic) bond motifs is 1. The van der Waals surface area contributed by atoms with Crippen LogP contribution in [0.15, 0.2) is 29.3 Å². The topological polar surface area (TPSA) is 17.8 Å². The van der Waals surface area contributed by atoms with Gasteiger partial charge in [0.05, 0.1) is 5.52 Å². The molecule has 0 saturated heterocycles. The quantitative estimate of drug-likeness (QED) is 0.710. The van der Waals surface area contributed by atoms with Crippen LogP contribution in [-0.4, -0.2) is 21.7 Å². The molecule has 2 aromatic rings. The van der Waals surface area contributed by atoms with Gasteiger partial charge < -0.3 is 0 Å². The molecule has 0 bridgehead atoms. The van der Waals surface area contributed by atoms with Gasteiger partial charge in [-0.2, -0.15) is 5.10 Å². The average Bonchev–Trinajstić information content (AvgIpc) is 2.56.